The van der Waals surface area contributed by atoms with E-state index >= 15 is 0 Å². The van der Waals surface area contributed by atoms with Gasteiger partial charge in [-0.15, -0.1) is 0 Å². The molecular weight excluding hydrogens is 276 g/mol. The zero-order valence-corrected chi connectivity index (χ0v) is 11.5. The standard InChI is InChI=1S/C14H14N2O5/c1-8(2)13(14(17)18)21-11-6-5-10(16(19)20)12-9(11)4-3-7-15-12/h3-8,13H,1-2H3,(H,17,18). The van der Waals surface area contributed by atoms with Crippen molar-refractivity contribution in [2.24, 2.45) is 5.92 Å². The van der Waals surface area contributed by atoms with Crippen LogP contribution in [0.25, 0.3) is 10.9 Å². The van der Waals surface area contributed by atoms with Gasteiger partial charge in [0.25, 0.3) is 5.69 Å². The topological polar surface area (TPSA) is 103 Å². The highest BCUT2D eigenvalue weighted by atomic mass is 16.6. The minimum atomic E-state index is -1.08. The van der Waals surface area contributed by atoms with Crippen LogP contribution in [0.2, 0.25) is 0 Å². The van der Waals surface area contributed by atoms with E-state index in [-0.39, 0.29) is 22.9 Å². The molecule has 0 bridgehead atoms. The first-order valence-corrected chi connectivity index (χ1v) is 6.33. The van der Waals surface area contributed by atoms with E-state index < -0.39 is 17.0 Å². The number of nitrogens with zero attached hydrogens (tertiary/aromatic N) is 2. The van der Waals surface area contributed by atoms with Crippen LogP contribution in [0.3, 0.4) is 0 Å². The number of nitro benzene ring substituents is 1. The summed E-state index contributed by atoms with van der Waals surface area (Å²) in [5, 5.41) is 20.6. The van der Waals surface area contributed by atoms with Gasteiger partial charge in [-0.05, 0) is 18.2 Å². The molecule has 1 unspecified atom stereocenters. The highest BCUT2D eigenvalue weighted by Crippen LogP contribution is 2.32. The highest BCUT2D eigenvalue weighted by Gasteiger charge is 2.25. The third-order valence-corrected chi connectivity index (χ3v) is 3.01. The monoisotopic (exact) mass is 290 g/mol. The Morgan fingerprint density at radius 1 is 1.38 bits per heavy atom. The number of carboxylic acid groups (broad SMARTS) is 1. The summed E-state index contributed by atoms with van der Waals surface area (Å²) in [7, 11) is 0. The average Bonchev–Trinajstić information content (AvgIpc) is 2.43. The molecule has 0 fully saturated rings. The second-order valence-electron chi connectivity index (χ2n) is 4.86. The molecule has 0 spiro atoms. The maximum absolute atomic E-state index is 11.2. The number of ether oxygens (including phenoxy) is 1. The summed E-state index contributed by atoms with van der Waals surface area (Å²) in [5.41, 5.74) is 0.0299. The summed E-state index contributed by atoms with van der Waals surface area (Å²) in [5.74, 6) is -1.06. The molecule has 0 saturated heterocycles. The van der Waals surface area contributed by atoms with Crippen molar-refractivity contribution in [3.05, 3.63) is 40.6 Å². The molecule has 0 amide bonds. The van der Waals surface area contributed by atoms with Crippen molar-refractivity contribution >= 4 is 22.6 Å². The van der Waals surface area contributed by atoms with Crippen LogP contribution in [0, 0.1) is 16.0 Å². The quantitative estimate of drug-likeness (QED) is 0.670. The Morgan fingerprint density at radius 3 is 2.67 bits per heavy atom. The summed E-state index contributed by atoms with van der Waals surface area (Å²) >= 11 is 0. The van der Waals surface area contributed by atoms with Gasteiger partial charge in [0.05, 0.1) is 4.92 Å². The maximum Gasteiger partial charge on any atom is 0.345 e. The smallest absolute Gasteiger partial charge is 0.345 e. The fourth-order valence-corrected chi connectivity index (χ4v) is 1.99. The number of carbonyl (C=O) groups is 1. The molecule has 21 heavy (non-hydrogen) atoms. The van der Waals surface area contributed by atoms with E-state index in [1.807, 2.05) is 0 Å². The van der Waals surface area contributed by atoms with E-state index in [0.29, 0.717) is 5.39 Å². The van der Waals surface area contributed by atoms with E-state index in [9.17, 15) is 20.0 Å². The molecule has 0 aliphatic rings. The van der Waals surface area contributed by atoms with E-state index in [1.165, 1.54) is 18.3 Å². The largest absolute Gasteiger partial charge is 0.478 e. The first-order valence-electron chi connectivity index (χ1n) is 6.33. The van der Waals surface area contributed by atoms with Crippen LogP contribution in [0.4, 0.5) is 5.69 Å². The first kappa shape index (κ1) is 14.7. The molecule has 1 aromatic carbocycles. The molecule has 0 aliphatic carbocycles. The van der Waals surface area contributed by atoms with Crippen molar-refractivity contribution in [3.8, 4) is 5.75 Å². The Balaban J connectivity index is 2.53. The molecule has 7 heteroatoms. The lowest BCUT2D eigenvalue weighted by atomic mass is 10.1. The predicted octanol–water partition coefficient (Wildman–Crippen LogP) is 2.63. The van der Waals surface area contributed by atoms with Gasteiger partial charge < -0.3 is 9.84 Å². The second kappa shape index (κ2) is 5.74. The minimum Gasteiger partial charge on any atom is -0.478 e. The maximum atomic E-state index is 11.2. The normalized spacial score (nSPS) is 12.3. The van der Waals surface area contributed by atoms with Gasteiger partial charge in [0.15, 0.2) is 11.6 Å². The molecular formula is C14H14N2O5. The van der Waals surface area contributed by atoms with Gasteiger partial charge in [-0.3, -0.25) is 10.1 Å². The number of aromatic nitrogens is 1. The van der Waals surface area contributed by atoms with Crippen molar-refractivity contribution in [3.63, 3.8) is 0 Å². The molecule has 1 aromatic heterocycles. The van der Waals surface area contributed by atoms with Crippen molar-refractivity contribution < 1.29 is 19.6 Å². The molecule has 0 radical (unpaired) electrons. The van der Waals surface area contributed by atoms with E-state index in [0.717, 1.165) is 0 Å². The molecule has 2 rings (SSSR count). The number of aliphatic carboxylic acids is 1. The number of hydrogen-bond acceptors (Lipinski definition) is 5. The Labute approximate surface area is 120 Å². The lowest BCUT2D eigenvalue weighted by Gasteiger charge is -2.19. The van der Waals surface area contributed by atoms with Crippen LogP contribution >= 0.6 is 0 Å². The molecule has 1 N–H and O–H groups in total. The Morgan fingerprint density at radius 2 is 2.10 bits per heavy atom. The van der Waals surface area contributed by atoms with Crippen LogP contribution in [-0.4, -0.2) is 27.1 Å². The minimum absolute atomic E-state index is 0.144. The Hall–Kier alpha value is -2.70. The van der Waals surface area contributed by atoms with Crippen LogP contribution < -0.4 is 4.74 Å². The van der Waals surface area contributed by atoms with Crippen LogP contribution in [-0.2, 0) is 4.79 Å². The van der Waals surface area contributed by atoms with Crippen molar-refractivity contribution in [1.82, 2.24) is 4.98 Å². The van der Waals surface area contributed by atoms with Gasteiger partial charge in [-0.2, -0.15) is 0 Å². The summed E-state index contributed by atoms with van der Waals surface area (Å²) in [6.45, 7) is 3.45. The molecule has 0 saturated carbocycles. The number of benzene rings is 1. The van der Waals surface area contributed by atoms with E-state index in [2.05, 4.69) is 4.98 Å². The lowest BCUT2D eigenvalue weighted by molar-refractivity contribution is -0.383. The van der Waals surface area contributed by atoms with Crippen molar-refractivity contribution in [1.29, 1.82) is 0 Å². The van der Waals surface area contributed by atoms with Gasteiger partial charge in [0.2, 0.25) is 0 Å². The summed E-state index contributed by atoms with van der Waals surface area (Å²) in [6, 6.07) is 5.90. The molecule has 1 atom stereocenters. The molecule has 0 aliphatic heterocycles. The number of fused-ring (bicyclic) bond motifs is 1. The molecule has 1 heterocycles. The SMILES string of the molecule is CC(C)C(Oc1ccc([N+](=O)[O-])c2ncccc12)C(=O)O. The summed E-state index contributed by atoms with van der Waals surface area (Å²) in [6.07, 6.45) is 0.408. The molecule has 2 aromatic rings. The van der Waals surface area contributed by atoms with Crippen molar-refractivity contribution in [2.75, 3.05) is 0 Å². The van der Waals surface area contributed by atoms with Gasteiger partial charge in [0, 0.05) is 23.6 Å². The van der Waals surface area contributed by atoms with Crippen LogP contribution in [0.1, 0.15) is 13.8 Å². The summed E-state index contributed by atoms with van der Waals surface area (Å²) < 4.78 is 5.52. The van der Waals surface area contributed by atoms with Gasteiger partial charge in [-0.25, -0.2) is 9.78 Å². The Kier molecular flexibility index (Phi) is 4.02. The predicted molar refractivity (Wildman–Crippen MR) is 75.3 cm³/mol. The fourth-order valence-electron chi connectivity index (χ4n) is 1.99. The third kappa shape index (κ3) is 2.91. The zero-order valence-electron chi connectivity index (χ0n) is 11.5. The zero-order chi connectivity index (χ0) is 15.6. The van der Waals surface area contributed by atoms with E-state index in [1.54, 1.807) is 26.0 Å². The number of nitro groups is 1. The number of hydrogen-bond donors (Lipinski definition) is 1. The second-order valence-corrected chi connectivity index (χ2v) is 4.86. The summed E-state index contributed by atoms with van der Waals surface area (Å²) in [4.78, 5) is 25.7. The molecule has 110 valence electrons. The number of carboxylic acids is 1. The van der Waals surface area contributed by atoms with Gasteiger partial charge in [-0.1, -0.05) is 13.8 Å². The van der Waals surface area contributed by atoms with Crippen molar-refractivity contribution in [2.45, 2.75) is 20.0 Å². The van der Waals surface area contributed by atoms with E-state index in [4.69, 9.17) is 4.74 Å². The average molecular weight is 290 g/mol. The highest BCUT2D eigenvalue weighted by molar-refractivity contribution is 5.92. The molecule has 7 nitrogen and oxygen atoms in total. The Bertz CT molecular complexity index is 699. The van der Waals surface area contributed by atoms with Crippen LogP contribution in [0.5, 0.6) is 5.75 Å². The number of rotatable bonds is 5. The number of non-ortho nitro benzene ring substituents is 1. The van der Waals surface area contributed by atoms with Gasteiger partial charge >= 0.3 is 5.97 Å². The number of pyridine rings is 1. The van der Waals surface area contributed by atoms with Crippen LogP contribution in [0.15, 0.2) is 30.5 Å². The third-order valence-electron chi connectivity index (χ3n) is 3.01. The fraction of sp³-hybridized carbons (Fsp3) is 0.286. The lowest BCUT2D eigenvalue weighted by Crippen LogP contribution is -2.32. The first-order chi connectivity index (χ1) is 9.91. The van der Waals surface area contributed by atoms with Gasteiger partial charge in [0.1, 0.15) is 5.75 Å².